The molecule has 1 aromatic rings. The van der Waals surface area contributed by atoms with Crippen LogP contribution in [0.5, 0.6) is 5.75 Å². The number of hydrogen-bond donors (Lipinski definition) is 0. The van der Waals surface area contributed by atoms with Crippen LogP contribution < -0.4 is 4.74 Å². The van der Waals surface area contributed by atoms with Gasteiger partial charge in [-0.05, 0) is 49.9 Å². The second-order valence-electron chi connectivity index (χ2n) is 4.28. The summed E-state index contributed by atoms with van der Waals surface area (Å²) in [5, 5.41) is 0. The molecule has 0 aliphatic rings. The highest BCUT2D eigenvalue weighted by Crippen LogP contribution is 2.23. The van der Waals surface area contributed by atoms with Crippen molar-refractivity contribution in [3.8, 4) is 5.75 Å². The molecule has 0 fully saturated rings. The Labute approximate surface area is 97.6 Å². The summed E-state index contributed by atoms with van der Waals surface area (Å²) < 4.78 is 5.56. The van der Waals surface area contributed by atoms with E-state index in [4.69, 9.17) is 4.74 Å². The largest absolute Gasteiger partial charge is 0.486 e. The van der Waals surface area contributed by atoms with E-state index in [9.17, 15) is 4.79 Å². The predicted octanol–water partition coefficient (Wildman–Crippen LogP) is 3.36. The molecule has 16 heavy (non-hydrogen) atoms. The molecule has 0 spiro atoms. The Morgan fingerprint density at radius 3 is 2.56 bits per heavy atom. The van der Waals surface area contributed by atoms with E-state index in [0.29, 0.717) is 6.42 Å². The molecular weight excluding hydrogens is 200 g/mol. The standard InChI is InChI=1S/C14H20O2/c1-5-6-13(15)9-16-14-8-10(2)7-11(3)12(14)4/h7-8H,5-6,9H2,1-4H3. The van der Waals surface area contributed by atoms with Gasteiger partial charge in [-0.15, -0.1) is 0 Å². The van der Waals surface area contributed by atoms with E-state index in [1.54, 1.807) is 0 Å². The predicted molar refractivity (Wildman–Crippen MR) is 66.1 cm³/mol. The summed E-state index contributed by atoms with van der Waals surface area (Å²) in [5.74, 6) is 1.00. The smallest absolute Gasteiger partial charge is 0.170 e. The van der Waals surface area contributed by atoms with Crippen LogP contribution in [0.3, 0.4) is 0 Å². The van der Waals surface area contributed by atoms with E-state index in [-0.39, 0.29) is 12.4 Å². The van der Waals surface area contributed by atoms with Gasteiger partial charge in [-0.1, -0.05) is 13.0 Å². The molecule has 0 atom stereocenters. The van der Waals surface area contributed by atoms with Crippen LogP contribution >= 0.6 is 0 Å². The normalized spacial score (nSPS) is 10.2. The Kier molecular flexibility index (Phi) is 4.53. The van der Waals surface area contributed by atoms with Crippen LogP contribution in [0.15, 0.2) is 12.1 Å². The lowest BCUT2D eigenvalue weighted by atomic mass is 10.1. The third-order valence-corrected chi connectivity index (χ3v) is 2.68. The van der Waals surface area contributed by atoms with Crippen molar-refractivity contribution in [2.24, 2.45) is 0 Å². The van der Waals surface area contributed by atoms with Crippen LogP contribution in [-0.2, 0) is 4.79 Å². The molecule has 88 valence electrons. The van der Waals surface area contributed by atoms with Crippen molar-refractivity contribution >= 4 is 5.78 Å². The van der Waals surface area contributed by atoms with E-state index in [1.165, 1.54) is 11.1 Å². The van der Waals surface area contributed by atoms with Gasteiger partial charge in [0.2, 0.25) is 0 Å². The summed E-state index contributed by atoms with van der Waals surface area (Å²) in [6.07, 6.45) is 1.48. The monoisotopic (exact) mass is 220 g/mol. The molecule has 0 unspecified atom stereocenters. The van der Waals surface area contributed by atoms with Gasteiger partial charge >= 0.3 is 0 Å². The van der Waals surface area contributed by atoms with Gasteiger partial charge in [0.1, 0.15) is 12.4 Å². The third-order valence-electron chi connectivity index (χ3n) is 2.68. The average Bonchev–Trinajstić information content (AvgIpc) is 2.21. The number of carbonyl (C=O) groups is 1. The first-order valence-electron chi connectivity index (χ1n) is 5.77. The van der Waals surface area contributed by atoms with Crippen LogP contribution in [0.1, 0.15) is 36.5 Å². The van der Waals surface area contributed by atoms with Crippen LogP contribution in [0.4, 0.5) is 0 Å². The molecule has 0 saturated heterocycles. The summed E-state index contributed by atoms with van der Waals surface area (Å²) in [5.41, 5.74) is 3.49. The number of rotatable bonds is 5. The van der Waals surface area contributed by atoms with Gasteiger partial charge in [-0.3, -0.25) is 4.79 Å². The molecule has 0 aliphatic heterocycles. The van der Waals surface area contributed by atoms with E-state index in [1.807, 2.05) is 26.8 Å². The highest BCUT2D eigenvalue weighted by molar-refractivity contribution is 5.79. The number of hydrogen-bond acceptors (Lipinski definition) is 2. The Hall–Kier alpha value is -1.31. The van der Waals surface area contributed by atoms with Gasteiger partial charge in [0.15, 0.2) is 5.78 Å². The van der Waals surface area contributed by atoms with Crippen molar-refractivity contribution in [1.82, 2.24) is 0 Å². The maximum atomic E-state index is 11.4. The topological polar surface area (TPSA) is 26.3 Å². The summed E-state index contributed by atoms with van der Waals surface area (Å²) in [6.45, 7) is 8.31. The minimum atomic E-state index is 0.168. The molecule has 0 amide bonds. The van der Waals surface area contributed by atoms with E-state index >= 15 is 0 Å². The number of aryl methyl sites for hydroxylation is 2. The van der Waals surface area contributed by atoms with Crippen LogP contribution in [-0.4, -0.2) is 12.4 Å². The molecular formula is C14H20O2. The van der Waals surface area contributed by atoms with Crippen molar-refractivity contribution in [1.29, 1.82) is 0 Å². The Balaban J connectivity index is 2.70. The van der Waals surface area contributed by atoms with Gasteiger partial charge in [0, 0.05) is 6.42 Å². The highest BCUT2D eigenvalue weighted by atomic mass is 16.5. The minimum Gasteiger partial charge on any atom is -0.486 e. The lowest BCUT2D eigenvalue weighted by Gasteiger charge is -2.11. The Morgan fingerprint density at radius 2 is 1.94 bits per heavy atom. The van der Waals surface area contributed by atoms with Gasteiger partial charge in [-0.2, -0.15) is 0 Å². The molecule has 2 nitrogen and oxygen atoms in total. The molecule has 2 heteroatoms. The Morgan fingerprint density at radius 1 is 1.25 bits per heavy atom. The molecule has 1 rings (SSSR count). The quantitative estimate of drug-likeness (QED) is 0.760. The molecule has 0 radical (unpaired) electrons. The third kappa shape index (κ3) is 3.37. The average molecular weight is 220 g/mol. The van der Waals surface area contributed by atoms with Gasteiger partial charge in [0.25, 0.3) is 0 Å². The summed E-state index contributed by atoms with van der Waals surface area (Å²) in [6, 6.07) is 4.11. The first-order valence-corrected chi connectivity index (χ1v) is 5.77. The maximum Gasteiger partial charge on any atom is 0.170 e. The second kappa shape index (κ2) is 5.69. The summed E-state index contributed by atoms with van der Waals surface area (Å²) >= 11 is 0. The fraction of sp³-hybridized carbons (Fsp3) is 0.500. The van der Waals surface area contributed by atoms with Crippen molar-refractivity contribution in [2.45, 2.75) is 40.5 Å². The number of benzene rings is 1. The highest BCUT2D eigenvalue weighted by Gasteiger charge is 2.06. The maximum absolute atomic E-state index is 11.4. The molecule has 0 aromatic heterocycles. The molecule has 0 saturated carbocycles. The minimum absolute atomic E-state index is 0.168. The van der Waals surface area contributed by atoms with Crippen LogP contribution in [0, 0.1) is 20.8 Å². The molecule has 0 bridgehead atoms. The van der Waals surface area contributed by atoms with E-state index in [0.717, 1.165) is 17.7 Å². The number of ether oxygens (including phenoxy) is 1. The van der Waals surface area contributed by atoms with E-state index in [2.05, 4.69) is 13.0 Å². The zero-order valence-electron chi connectivity index (χ0n) is 10.6. The van der Waals surface area contributed by atoms with Gasteiger partial charge in [0.05, 0.1) is 0 Å². The summed E-state index contributed by atoms with van der Waals surface area (Å²) in [7, 11) is 0. The fourth-order valence-electron chi connectivity index (χ4n) is 1.66. The van der Waals surface area contributed by atoms with Crippen molar-refractivity contribution in [2.75, 3.05) is 6.61 Å². The molecule has 0 N–H and O–H groups in total. The molecule has 0 heterocycles. The zero-order chi connectivity index (χ0) is 12.1. The van der Waals surface area contributed by atoms with Crippen molar-refractivity contribution < 1.29 is 9.53 Å². The van der Waals surface area contributed by atoms with E-state index < -0.39 is 0 Å². The lowest BCUT2D eigenvalue weighted by molar-refractivity contribution is -0.121. The SMILES string of the molecule is CCCC(=O)COc1cc(C)cc(C)c1C. The fourth-order valence-corrected chi connectivity index (χ4v) is 1.66. The number of Topliss-reactive ketones (excluding diaryl/α,β-unsaturated/α-hetero) is 1. The first-order chi connectivity index (χ1) is 7.54. The number of ketones is 1. The second-order valence-corrected chi connectivity index (χ2v) is 4.28. The zero-order valence-corrected chi connectivity index (χ0v) is 10.6. The van der Waals surface area contributed by atoms with Gasteiger partial charge < -0.3 is 4.74 Å². The van der Waals surface area contributed by atoms with Crippen LogP contribution in [0.2, 0.25) is 0 Å². The summed E-state index contributed by atoms with van der Waals surface area (Å²) in [4.78, 5) is 11.4. The van der Waals surface area contributed by atoms with Gasteiger partial charge in [-0.25, -0.2) is 0 Å². The molecule has 1 aromatic carbocycles. The molecule has 0 aliphatic carbocycles. The van der Waals surface area contributed by atoms with Crippen molar-refractivity contribution in [3.05, 3.63) is 28.8 Å². The van der Waals surface area contributed by atoms with Crippen LogP contribution in [0.25, 0.3) is 0 Å². The van der Waals surface area contributed by atoms with Crippen molar-refractivity contribution in [3.63, 3.8) is 0 Å². The number of carbonyl (C=O) groups excluding carboxylic acids is 1. The Bertz CT molecular complexity index is 381. The first kappa shape index (κ1) is 12.8. The lowest BCUT2D eigenvalue weighted by Crippen LogP contribution is -2.11.